The molecule has 0 saturated carbocycles. The van der Waals surface area contributed by atoms with Crippen molar-refractivity contribution in [2.75, 3.05) is 11.9 Å². The minimum absolute atomic E-state index is 0.0348. The Labute approximate surface area is 175 Å². The van der Waals surface area contributed by atoms with Crippen LogP contribution in [-0.4, -0.2) is 17.5 Å². The highest BCUT2D eigenvalue weighted by atomic mass is 16.5. The number of aryl methyl sites for hydroxylation is 3. The van der Waals surface area contributed by atoms with E-state index in [2.05, 4.69) is 23.3 Å². The highest BCUT2D eigenvalue weighted by molar-refractivity contribution is 5.91. The molecule has 1 N–H and O–H groups in total. The van der Waals surface area contributed by atoms with Crippen LogP contribution in [0.5, 0.6) is 5.75 Å². The molecular weight excluding hydrogens is 376 g/mol. The molecule has 0 radical (unpaired) electrons. The molecule has 0 bridgehead atoms. The van der Waals surface area contributed by atoms with Crippen LogP contribution in [-0.2, 0) is 11.2 Å². The lowest BCUT2D eigenvalue weighted by Gasteiger charge is -2.08. The Hall–Kier alpha value is -3.60. The van der Waals surface area contributed by atoms with Crippen LogP contribution in [0.4, 0.5) is 5.69 Å². The number of ether oxygens (including phenoxy) is 1. The average Bonchev–Trinajstić information content (AvgIpc) is 3.11. The molecule has 0 fully saturated rings. The summed E-state index contributed by atoms with van der Waals surface area (Å²) in [6, 6.07) is 19.4. The Bertz CT molecular complexity index is 1190. The predicted octanol–water partition coefficient (Wildman–Crippen LogP) is 5.36. The summed E-state index contributed by atoms with van der Waals surface area (Å²) in [4.78, 5) is 16.8. The highest BCUT2D eigenvalue weighted by Gasteiger charge is 2.10. The number of benzene rings is 3. The second-order valence-corrected chi connectivity index (χ2v) is 7.56. The number of nitrogens with one attached hydrogen (secondary N) is 1. The van der Waals surface area contributed by atoms with Crippen LogP contribution in [0.1, 0.15) is 28.1 Å². The van der Waals surface area contributed by atoms with E-state index in [1.165, 1.54) is 5.56 Å². The molecule has 152 valence electrons. The van der Waals surface area contributed by atoms with Crippen molar-refractivity contribution in [3.63, 3.8) is 0 Å². The smallest absolute Gasteiger partial charge is 0.262 e. The molecule has 3 aromatic carbocycles. The van der Waals surface area contributed by atoms with Crippen LogP contribution in [0.15, 0.2) is 65.1 Å². The first kappa shape index (κ1) is 19.7. The van der Waals surface area contributed by atoms with E-state index in [9.17, 15) is 4.79 Å². The number of aromatic nitrogens is 1. The minimum atomic E-state index is -0.200. The van der Waals surface area contributed by atoms with E-state index in [-0.39, 0.29) is 12.5 Å². The summed E-state index contributed by atoms with van der Waals surface area (Å²) in [5, 5.41) is 2.85. The topological polar surface area (TPSA) is 64.4 Å². The van der Waals surface area contributed by atoms with Crippen molar-refractivity contribution < 1.29 is 13.9 Å². The van der Waals surface area contributed by atoms with Gasteiger partial charge in [-0.1, -0.05) is 30.3 Å². The zero-order chi connectivity index (χ0) is 21.1. The quantitative estimate of drug-likeness (QED) is 0.473. The van der Waals surface area contributed by atoms with Crippen molar-refractivity contribution in [1.82, 2.24) is 4.98 Å². The molecule has 30 heavy (non-hydrogen) atoms. The summed E-state index contributed by atoms with van der Waals surface area (Å²) in [6.07, 6.45) is 0.595. The second kappa shape index (κ2) is 8.41. The van der Waals surface area contributed by atoms with Gasteiger partial charge < -0.3 is 14.5 Å². The number of fused-ring (bicyclic) bond motifs is 1. The molecule has 1 amide bonds. The number of hydrogen-bond acceptors (Lipinski definition) is 4. The van der Waals surface area contributed by atoms with Crippen molar-refractivity contribution in [2.24, 2.45) is 0 Å². The lowest BCUT2D eigenvalue weighted by atomic mass is 10.1. The van der Waals surface area contributed by atoms with Crippen LogP contribution in [0.3, 0.4) is 0 Å². The summed E-state index contributed by atoms with van der Waals surface area (Å²) < 4.78 is 11.5. The minimum Gasteiger partial charge on any atom is -0.484 e. The third kappa shape index (κ3) is 4.69. The molecule has 4 rings (SSSR count). The molecule has 4 aromatic rings. The summed E-state index contributed by atoms with van der Waals surface area (Å²) in [7, 11) is 0. The first-order valence-electron chi connectivity index (χ1n) is 9.91. The van der Waals surface area contributed by atoms with Crippen molar-refractivity contribution in [3.05, 3.63) is 88.8 Å². The first-order chi connectivity index (χ1) is 14.5. The van der Waals surface area contributed by atoms with Crippen molar-refractivity contribution in [1.29, 1.82) is 0 Å². The molecule has 5 heteroatoms. The molecule has 5 nitrogen and oxygen atoms in total. The Balaban J connectivity index is 1.36. The van der Waals surface area contributed by atoms with E-state index >= 15 is 0 Å². The number of rotatable bonds is 6. The van der Waals surface area contributed by atoms with E-state index in [0.29, 0.717) is 18.1 Å². The summed E-state index contributed by atoms with van der Waals surface area (Å²) >= 11 is 0. The van der Waals surface area contributed by atoms with Gasteiger partial charge in [0.1, 0.15) is 11.3 Å². The van der Waals surface area contributed by atoms with E-state index < -0.39 is 0 Å². The van der Waals surface area contributed by atoms with Gasteiger partial charge in [0.15, 0.2) is 18.1 Å². The Morgan fingerprint density at radius 2 is 1.80 bits per heavy atom. The number of carbonyl (C=O) groups excluding carboxylic acids is 1. The normalized spacial score (nSPS) is 10.9. The maximum Gasteiger partial charge on any atom is 0.262 e. The van der Waals surface area contributed by atoms with Gasteiger partial charge in [-0.3, -0.25) is 4.79 Å². The monoisotopic (exact) mass is 400 g/mol. The molecule has 0 saturated heterocycles. The van der Waals surface area contributed by atoms with Crippen LogP contribution in [0.2, 0.25) is 0 Å². The maximum atomic E-state index is 12.1. The van der Waals surface area contributed by atoms with Gasteiger partial charge in [0.2, 0.25) is 0 Å². The van der Waals surface area contributed by atoms with Crippen LogP contribution >= 0.6 is 0 Å². The van der Waals surface area contributed by atoms with Gasteiger partial charge in [0.25, 0.3) is 5.91 Å². The standard InChI is InChI=1S/C25H24N2O3/c1-16-5-4-6-21(12-16)29-15-23(28)26-20-9-7-19(8-10-20)14-24-27-22-13-17(2)11-18(3)25(22)30-24/h4-13H,14-15H2,1-3H3,(H,26,28). The Morgan fingerprint density at radius 1 is 1.00 bits per heavy atom. The molecule has 0 spiro atoms. The molecule has 0 aliphatic carbocycles. The molecule has 1 heterocycles. The predicted molar refractivity (Wildman–Crippen MR) is 118 cm³/mol. The summed E-state index contributed by atoms with van der Waals surface area (Å²) in [6.45, 7) is 6.04. The Kier molecular flexibility index (Phi) is 5.53. The number of oxazole rings is 1. The number of hydrogen-bond donors (Lipinski definition) is 1. The van der Waals surface area contributed by atoms with E-state index in [0.717, 1.165) is 33.5 Å². The van der Waals surface area contributed by atoms with E-state index in [1.807, 2.05) is 68.4 Å². The lowest BCUT2D eigenvalue weighted by Crippen LogP contribution is -2.20. The molecule has 1 aromatic heterocycles. The molecule has 0 aliphatic heterocycles. The van der Waals surface area contributed by atoms with Crippen molar-refractivity contribution >= 4 is 22.7 Å². The number of nitrogens with zero attached hydrogens (tertiary/aromatic N) is 1. The zero-order valence-corrected chi connectivity index (χ0v) is 17.4. The second-order valence-electron chi connectivity index (χ2n) is 7.56. The van der Waals surface area contributed by atoms with Crippen molar-refractivity contribution in [2.45, 2.75) is 27.2 Å². The van der Waals surface area contributed by atoms with Crippen LogP contribution in [0.25, 0.3) is 11.1 Å². The fraction of sp³-hybridized carbons (Fsp3) is 0.200. The third-order valence-electron chi connectivity index (χ3n) is 4.82. The maximum absolute atomic E-state index is 12.1. The number of amides is 1. The highest BCUT2D eigenvalue weighted by Crippen LogP contribution is 2.23. The summed E-state index contributed by atoms with van der Waals surface area (Å²) in [5.41, 5.74) is 6.87. The van der Waals surface area contributed by atoms with Gasteiger partial charge in [-0.25, -0.2) is 4.98 Å². The average molecular weight is 400 g/mol. The zero-order valence-electron chi connectivity index (χ0n) is 17.4. The number of carbonyl (C=O) groups is 1. The third-order valence-corrected chi connectivity index (χ3v) is 4.82. The fourth-order valence-electron chi connectivity index (χ4n) is 3.43. The van der Waals surface area contributed by atoms with E-state index in [1.54, 1.807) is 0 Å². The van der Waals surface area contributed by atoms with Gasteiger partial charge in [-0.2, -0.15) is 0 Å². The molecule has 0 aliphatic rings. The van der Waals surface area contributed by atoms with E-state index in [4.69, 9.17) is 9.15 Å². The molecule has 0 unspecified atom stereocenters. The van der Waals surface area contributed by atoms with Gasteiger partial charge in [0, 0.05) is 12.1 Å². The van der Waals surface area contributed by atoms with Crippen LogP contribution < -0.4 is 10.1 Å². The van der Waals surface area contributed by atoms with Gasteiger partial charge >= 0.3 is 0 Å². The Morgan fingerprint density at radius 3 is 2.57 bits per heavy atom. The number of anilines is 1. The lowest BCUT2D eigenvalue weighted by molar-refractivity contribution is -0.118. The van der Waals surface area contributed by atoms with Crippen LogP contribution in [0, 0.1) is 20.8 Å². The SMILES string of the molecule is Cc1cccc(OCC(=O)Nc2ccc(Cc3nc4cc(C)cc(C)c4o3)cc2)c1. The van der Waals surface area contributed by atoms with Crippen molar-refractivity contribution in [3.8, 4) is 5.75 Å². The summed E-state index contributed by atoms with van der Waals surface area (Å²) in [5.74, 6) is 1.17. The van der Waals surface area contributed by atoms with Gasteiger partial charge in [-0.15, -0.1) is 0 Å². The fourth-order valence-corrected chi connectivity index (χ4v) is 3.43. The molecule has 0 atom stereocenters. The van der Waals surface area contributed by atoms with Gasteiger partial charge in [0.05, 0.1) is 0 Å². The first-order valence-corrected chi connectivity index (χ1v) is 9.91. The molecular formula is C25H24N2O3. The largest absolute Gasteiger partial charge is 0.484 e. The van der Waals surface area contributed by atoms with Gasteiger partial charge in [-0.05, 0) is 73.4 Å².